The molecule has 104 valence electrons. The van der Waals surface area contributed by atoms with Crippen LogP contribution in [0.4, 0.5) is 0 Å². The molecule has 0 saturated carbocycles. The molecule has 2 rings (SSSR count). The van der Waals surface area contributed by atoms with Crippen molar-refractivity contribution >= 4 is 17.5 Å². The molecule has 0 aliphatic rings. The molecule has 3 N–H and O–H groups in total. The Kier molecular flexibility index (Phi) is 4.61. The number of hydrogen-bond donors (Lipinski definition) is 2. The maximum Gasteiger partial charge on any atom is 0.248 e. The van der Waals surface area contributed by atoms with E-state index in [1.54, 1.807) is 24.3 Å². The Hall–Kier alpha value is -2.04. The second kappa shape index (κ2) is 6.41. The molecule has 1 amide bonds. The summed E-state index contributed by atoms with van der Waals surface area (Å²) in [5, 5.41) is 9.17. The number of halogens is 1. The van der Waals surface area contributed by atoms with E-state index >= 15 is 0 Å². The van der Waals surface area contributed by atoms with Crippen molar-refractivity contribution in [2.24, 2.45) is 5.73 Å². The van der Waals surface area contributed by atoms with Crippen LogP contribution in [0.1, 0.15) is 15.9 Å². The van der Waals surface area contributed by atoms with Crippen LogP contribution in [0.5, 0.6) is 11.5 Å². The summed E-state index contributed by atoms with van der Waals surface area (Å²) in [5.74, 6) is 0.541. The molecule has 5 heteroatoms. The van der Waals surface area contributed by atoms with Crippen LogP contribution in [0, 0.1) is 0 Å². The fraction of sp³-hybridized carbons (Fsp3) is 0.133. The zero-order valence-corrected chi connectivity index (χ0v) is 11.4. The molecule has 0 aliphatic heterocycles. The van der Waals surface area contributed by atoms with E-state index < -0.39 is 5.91 Å². The van der Waals surface area contributed by atoms with Crippen molar-refractivity contribution in [2.75, 3.05) is 6.61 Å². The number of benzene rings is 2. The van der Waals surface area contributed by atoms with Gasteiger partial charge in [0.1, 0.15) is 11.5 Å². The number of rotatable bonds is 5. The van der Waals surface area contributed by atoms with Gasteiger partial charge in [0.2, 0.25) is 5.91 Å². The van der Waals surface area contributed by atoms with Gasteiger partial charge in [-0.25, -0.2) is 0 Å². The molecule has 0 heterocycles. The van der Waals surface area contributed by atoms with E-state index in [4.69, 9.17) is 27.2 Å². The summed E-state index contributed by atoms with van der Waals surface area (Å²) in [6.07, 6.45) is 0.606. The molecule has 0 atom stereocenters. The van der Waals surface area contributed by atoms with Crippen LogP contribution >= 0.6 is 11.6 Å². The smallest absolute Gasteiger partial charge is 0.248 e. The molecule has 20 heavy (non-hydrogen) atoms. The van der Waals surface area contributed by atoms with Crippen LogP contribution in [0.15, 0.2) is 42.5 Å². The minimum absolute atomic E-state index is 0.112. The number of aliphatic hydroxyl groups is 1. The number of carbonyl (C=O) groups is 1. The van der Waals surface area contributed by atoms with Gasteiger partial charge >= 0.3 is 0 Å². The van der Waals surface area contributed by atoms with Gasteiger partial charge in [-0.1, -0.05) is 23.7 Å². The first-order chi connectivity index (χ1) is 9.60. The van der Waals surface area contributed by atoms with E-state index in [0.717, 1.165) is 5.56 Å². The van der Waals surface area contributed by atoms with Crippen molar-refractivity contribution in [3.8, 4) is 11.5 Å². The van der Waals surface area contributed by atoms with Crippen molar-refractivity contribution in [1.29, 1.82) is 0 Å². The van der Waals surface area contributed by atoms with Crippen LogP contribution in [-0.4, -0.2) is 17.6 Å². The van der Waals surface area contributed by atoms with Gasteiger partial charge in [-0.05, 0) is 42.3 Å². The van der Waals surface area contributed by atoms with Gasteiger partial charge in [0.25, 0.3) is 0 Å². The molecule has 2 aromatic carbocycles. The lowest BCUT2D eigenvalue weighted by Crippen LogP contribution is -2.10. The van der Waals surface area contributed by atoms with E-state index in [1.165, 1.54) is 6.07 Å². The highest BCUT2D eigenvalue weighted by Gasteiger charge is 2.07. The summed E-state index contributed by atoms with van der Waals surface area (Å²) in [7, 11) is 0. The molecular formula is C15H14ClNO3. The first-order valence-corrected chi connectivity index (χ1v) is 6.45. The molecule has 0 spiro atoms. The van der Waals surface area contributed by atoms with Crippen LogP contribution < -0.4 is 10.5 Å². The Morgan fingerprint density at radius 3 is 2.45 bits per heavy atom. The van der Waals surface area contributed by atoms with Gasteiger partial charge in [-0.3, -0.25) is 4.79 Å². The predicted octanol–water partition coefficient (Wildman–Crippen LogP) is 2.77. The summed E-state index contributed by atoms with van der Waals surface area (Å²) in [5.41, 5.74) is 6.53. The standard InChI is InChI=1S/C15H14ClNO3/c16-13-9-11(15(17)19)3-6-14(13)20-12-4-1-10(2-5-12)7-8-18/h1-6,9,18H,7-8H2,(H2,17,19). The summed E-state index contributed by atoms with van der Waals surface area (Å²) in [4.78, 5) is 11.0. The maximum atomic E-state index is 11.0. The molecule has 0 fully saturated rings. The molecule has 0 radical (unpaired) electrons. The molecule has 0 bridgehead atoms. The summed E-state index contributed by atoms with van der Waals surface area (Å²) in [6, 6.07) is 12.0. The van der Waals surface area contributed by atoms with Gasteiger partial charge in [0.05, 0.1) is 5.02 Å². The van der Waals surface area contributed by atoms with E-state index in [9.17, 15) is 4.79 Å². The number of amides is 1. The molecular weight excluding hydrogens is 278 g/mol. The van der Waals surface area contributed by atoms with Crippen molar-refractivity contribution < 1.29 is 14.6 Å². The molecule has 0 aliphatic carbocycles. The minimum atomic E-state index is -0.535. The van der Waals surface area contributed by atoms with Gasteiger partial charge in [-0.2, -0.15) is 0 Å². The van der Waals surface area contributed by atoms with Crippen LogP contribution in [-0.2, 0) is 6.42 Å². The van der Waals surface area contributed by atoms with Crippen molar-refractivity contribution in [3.05, 3.63) is 58.6 Å². The highest BCUT2D eigenvalue weighted by molar-refractivity contribution is 6.32. The Morgan fingerprint density at radius 2 is 1.90 bits per heavy atom. The van der Waals surface area contributed by atoms with E-state index in [2.05, 4.69) is 0 Å². The van der Waals surface area contributed by atoms with Gasteiger partial charge in [-0.15, -0.1) is 0 Å². The summed E-state index contributed by atoms with van der Waals surface area (Å²) >= 11 is 6.04. The third-order valence-electron chi connectivity index (χ3n) is 2.77. The Morgan fingerprint density at radius 1 is 1.20 bits per heavy atom. The monoisotopic (exact) mass is 291 g/mol. The third-order valence-corrected chi connectivity index (χ3v) is 3.06. The molecule has 4 nitrogen and oxygen atoms in total. The lowest BCUT2D eigenvalue weighted by molar-refractivity contribution is 0.100. The lowest BCUT2D eigenvalue weighted by Gasteiger charge is -2.09. The van der Waals surface area contributed by atoms with Gasteiger partial charge < -0.3 is 15.6 Å². The number of carbonyl (C=O) groups excluding carboxylic acids is 1. The Bertz CT molecular complexity index is 611. The quantitative estimate of drug-likeness (QED) is 0.889. The Labute approximate surface area is 121 Å². The lowest BCUT2D eigenvalue weighted by atomic mass is 10.1. The average Bonchev–Trinajstić information content (AvgIpc) is 2.43. The zero-order valence-electron chi connectivity index (χ0n) is 10.7. The number of aliphatic hydroxyl groups excluding tert-OH is 1. The van der Waals surface area contributed by atoms with Crippen molar-refractivity contribution in [1.82, 2.24) is 0 Å². The van der Waals surface area contributed by atoms with Crippen LogP contribution in [0.2, 0.25) is 5.02 Å². The number of primary amides is 1. The summed E-state index contributed by atoms with van der Waals surface area (Å²) < 4.78 is 5.63. The topological polar surface area (TPSA) is 72.6 Å². The first kappa shape index (κ1) is 14.4. The molecule has 2 aromatic rings. The number of ether oxygens (including phenoxy) is 1. The van der Waals surface area contributed by atoms with E-state index in [-0.39, 0.29) is 6.61 Å². The average molecular weight is 292 g/mol. The van der Waals surface area contributed by atoms with E-state index in [1.807, 2.05) is 12.1 Å². The molecule has 0 saturated heterocycles. The highest BCUT2D eigenvalue weighted by atomic mass is 35.5. The first-order valence-electron chi connectivity index (χ1n) is 6.07. The highest BCUT2D eigenvalue weighted by Crippen LogP contribution is 2.30. The summed E-state index contributed by atoms with van der Waals surface area (Å²) in [6.45, 7) is 0.112. The minimum Gasteiger partial charge on any atom is -0.456 e. The fourth-order valence-electron chi connectivity index (χ4n) is 1.72. The second-order valence-electron chi connectivity index (χ2n) is 4.23. The van der Waals surface area contributed by atoms with Crippen LogP contribution in [0.25, 0.3) is 0 Å². The predicted molar refractivity (Wildman–Crippen MR) is 77.3 cm³/mol. The zero-order chi connectivity index (χ0) is 14.5. The maximum absolute atomic E-state index is 11.0. The van der Waals surface area contributed by atoms with Crippen molar-refractivity contribution in [2.45, 2.75) is 6.42 Å². The molecule has 0 unspecified atom stereocenters. The SMILES string of the molecule is NC(=O)c1ccc(Oc2ccc(CCO)cc2)c(Cl)c1. The van der Waals surface area contributed by atoms with Crippen molar-refractivity contribution in [3.63, 3.8) is 0 Å². The second-order valence-corrected chi connectivity index (χ2v) is 4.64. The van der Waals surface area contributed by atoms with E-state index in [0.29, 0.717) is 28.5 Å². The Balaban J connectivity index is 2.15. The molecule has 0 aromatic heterocycles. The largest absolute Gasteiger partial charge is 0.456 e. The van der Waals surface area contributed by atoms with Gasteiger partial charge in [0.15, 0.2) is 0 Å². The third kappa shape index (κ3) is 3.50. The fourth-order valence-corrected chi connectivity index (χ4v) is 1.94. The normalized spacial score (nSPS) is 10.3. The van der Waals surface area contributed by atoms with Crippen LogP contribution in [0.3, 0.4) is 0 Å². The number of hydrogen-bond acceptors (Lipinski definition) is 3. The van der Waals surface area contributed by atoms with Gasteiger partial charge in [0, 0.05) is 12.2 Å². The number of nitrogens with two attached hydrogens (primary N) is 1.